The van der Waals surface area contributed by atoms with E-state index in [0.717, 1.165) is 5.56 Å². The predicted molar refractivity (Wildman–Crippen MR) is 72.6 cm³/mol. The molecule has 0 bridgehead atoms. The number of benzene rings is 2. The molecule has 2 nitrogen and oxygen atoms in total. The molecule has 1 N–H and O–H groups in total. The topological polar surface area (TPSA) is 37.3 Å². The average molecular weight is 238 g/mol. The third-order valence-electron chi connectivity index (χ3n) is 2.78. The van der Waals surface area contributed by atoms with Gasteiger partial charge in [0, 0.05) is 17.5 Å². The van der Waals surface area contributed by atoms with Gasteiger partial charge in [0.15, 0.2) is 5.78 Å². The Labute approximate surface area is 106 Å². The van der Waals surface area contributed by atoms with Crippen LogP contribution in [0.5, 0.6) is 0 Å². The Morgan fingerprint density at radius 3 is 2.28 bits per heavy atom. The Morgan fingerprint density at radius 1 is 1.00 bits per heavy atom. The minimum Gasteiger partial charge on any atom is -0.508 e. The van der Waals surface area contributed by atoms with Crippen LogP contribution in [-0.2, 0) is 6.42 Å². The molecule has 0 radical (unpaired) electrons. The zero-order valence-electron chi connectivity index (χ0n) is 9.97. The van der Waals surface area contributed by atoms with Crippen LogP contribution in [0.1, 0.15) is 21.5 Å². The lowest BCUT2D eigenvalue weighted by molar-refractivity contribution is 0.0993. The molecule has 2 heteroatoms. The molecule has 0 saturated heterocycles. The molecule has 18 heavy (non-hydrogen) atoms. The van der Waals surface area contributed by atoms with Crippen molar-refractivity contribution in [2.24, 2.45) is 0 Å². The molecule has 0 saturated carbocycles. The molecule has 0 spiro atoms. The van der Waals surface area contributed by atoms with Crippen molar-refractivity contribution in [1.82, 2.24) is 0 Å². The van der Waals surface area contributed by atoms with Gasteiger partial charge in [-0.1, -0.05) is 61.2 Å². The fourth-order valence-electron chi connectivity index (χ4n) is 1.86. The second kappa shape index (κ2) is 5.32. The van der Waals surface area contributed by atoms with Crippen LogP contribution in [0, 0.1) is 0 Å². The zero-order chi connectivity index (χ0) is 13.0. The van der Waals surface area contributed by atoms with Gasteiger partial charge in [0.2, 0.25) is 0 Å². The predicted octanol–water partition coefficient (Wildman–Crippen LogP) is 3.64. The van der Waals surface area contributed by atoms with Gasteiger partial charge < -0.3 is 5.11 Å². The number of carbonyl (C=O) groups is 1. The smallest absolute Gasteiger partial charge is 0.167 e. The zero-order valence-corrected chi connectivity index (χ0v) is 9.97. The number of hydrogen-bond donors (Lipinski definition) is 1. The van der Waals surface area contributed by atoms with Gasteiger partial charge in [0.05, 0.1) is 0 Å². The fraction of sp³-hybridized carbons (Fsp3) is 0.0625. The first-order chi connectivity index (χ1) is 8.68. The van der Waals surface area contributed by atoms with Crippen LogP contribution >= 0.6 is 0 Å². The van der Waals surface area contributed by atoms with Gasteiger partial charge in [-0.15, -0.1) is 0 Å². The van der Waals surface area contributed by atoms with Crippen molar-refractivity contribution < 1.29 is 9.90 Å². The summed E-state index contributed by atoms with van der Waals surface area (Å²) in [5.74, 6) is 0.0239. The average Bonchev–Trinajstić information content (AvgIpc) is 2.40. The quantitative estimate of drug-likeness (QED) is 0.652. The van der Waals surface area contributed by atoms with Crippen LogP contribution in [0.15, 0.2) is 61.2 Å². The van der Waals surface area contributed by atoms with E-state index in [2.05, 4.69) is 6.58 Å². The van der Waals surface area contributed by atoms with Gasteiger partial charge in [-0.3, -0.25) is 4.79 Å². The number of aliphatic hydroxyl groups excluding tert-OH is 1. The maximum atomic E-state index is 12.1. The fourth-order valence-corrected chi connectivity index (χ4v) is 1.86. The van der Waals surface area contributed by atoms with Crippen molar-refractivity contribution in [3.05, 3.63) is 77.9 Å². The van der Waals surface area contributed by atoms with Crippen LogP contribution in [0.4, 0.5) is 0 Å². The Balaban J connectivity index is 2.25. The summed E-state index contributed by atoms with van der Waals surface area (Å²) in [5.41, 5.74) is 2.09. The Bertz CT molecular complexity index is 571. The molecule has 0 amide bonds. The Hall–Kier alpha value is -2.35. The van der Waals surface area contributed by atoms with Gasteiger partial charge in [-0.25, -0.2) is 0 Å². The normalized spacial score (nSPS) is 10.0. The van der Waals surface area contributed by atoms with E-state index in [1.807, 2.05) is 36.4 Å². The minimum atomic E-state index is -0.00791. The van der Waals surface area contributed by atoms with Crippen molar-refractivity contribution in [3.8, 4) is 0 Å². The lowest BCUT2D eigenvalue weighted by atomic mass is 9.98. The molecule has 0 atom stereocenters. The number of hydrogen-bond acceptors (Lipinski definition) is 2. The molecule has 0 aliphatic rings. The van der Waals surface area contributed by atoms with Crippen molar-refractivity contribution in [2.45, 2.75) is 6.42 Å². The van der Waals surface area contributed by atoms with Crippen molar-refractivity contribution >= 4 is 11.5 Å². The van der Waals surface area contributed by atoms with E-state index in [9.17, 15) is 9.90 Å². The molecule has 2 rings (SSSR count). The highest BCUT2D eigenvalue weighted by atomic mass is 16.3. The Kier molecular flexibility index (Phi) is 3.58. The summed E-state index contributed by atoms with van der Waals surface area (Å²) in [6, 6.07) is 16.4. The summed E-state index contributed by atoms with van der Waals surface area (Å²) in [5, 5.41) is 9.48. The summed E-state index contributed by atoms with van der Waals surface area (Å²) < 4.78 is 0. The van der Waals surface area contributed by atoms with Gasteiger partial charge >= 0.3 is 0 Å². The molecule has 2 aromatic carbocycles. The third-order valence-corrected chi connectivity index (χ3v) is 2.78. The standard InChI is InChI=1S/C16H14O2/c1-12(17)15-10-6-5-9-14(15)11-16(18)13-7-3-2-4-8-13/h2-10,17H,1,11H2. The lowest BCUT2D eigenvalue weighted by Crippen LogP contribution is -2.05. The van der Waals surface area contributed by atoms with Crippen LogP contribution in [0.2, 0.25) is 0 Å². The number of rotatable bonds is 4. The van der Waals surface area contributed by atoms with Gasteiger partial charge in [0.25, 0.3) is 0 Å². The highest BCUT2D eigenvalue weighted by Gasteiger charge is 2.10. The van der Waals surface area contributed by atoms with E-state index in [1.54, 1.807) is 18.2 Å². The summed E-state index contributed by atoms with van der Waals surface area (Å²) in [4.78, 5) is 12.1. The number of Topliss-reactive ketones (excluding diaryl/α,β-unsaturated/α-hetero) is 1. The molecule has 0 fully saturated rings. The maximum absolute atomic E-state index is 12.1. The molecular formula is C16H14O2. The number of ketones is 1. The van der Waals surface area contributed by atoms with E-state index in [1.165, 1.54) is 0 Å². The Morgan fingerprint density at radius 2 is 1.61 bits per heavy atom. The molecule has 2 aromatic rings. The summed E-state index contributed by atoms with van der Waals surface area (Å²) in [6.45, 7) is 3.51. The van der Waals surface area contributed by atoms with Crippen LogP contribution in [0.3, 0.4) is 0 Å². The van der Waals surface area contributed by atoms with E-state index in [4.69, 9.17) is 0 Å². The molecule has 0 unspecified atom stereocenters. The van der Waals surface area contributed by atoms with Crippen LogP contribution in [-0.4, -0.2) is 10.9 Å². The minimum absolute atomic E-state index is 0.00791. The molecule has 0 aliphatic heterocycles. The first kappa shape index (κ1) is 12.1. The maximum Gasteiger partial charge on any atom is 0.167 e. The molecule has 90 valence electrons. The summed E-state index contributed by atoms with van der Waals surface area (Å²) >= 11 is 0. The van der Waals surface area contributed by atoms with E-state index >= 15 is 0 Å². The summed E-state index contributed by atoms with van der Waals surface area (Å²) in [6.07, 6.45) is 0.264. The van der Waals surface area contributed by atoms with E-state index in [0.29, 0.717) is 11.1 Å². The number of carbonyl (C=O) groups excluding carboxylic acids is 1. The van der Waals surface area contributed by atoms with E-state index in [-0.39, 0.29) is 18.0 Å². The van der Waals surface area contributed by atoms with Crippen LogP contribution in [0.25, 0.3) is 5.76 Å². The monoisotopic (exact) mass is 238 g/mol. The van der Waals surface area contributed by atoms with E-state index < -0.39 is 0 Å². The van der Waals surface area contributed by atoms with Gasteiger partial charge in [0.1, 0.15) is 5.76 Å². The van der Waals surface area contributed by atoms with Crippen LogP contribution < -0.4 is 0 Å². The molecule has 0 heterocycles. The molecule has 0 aliphatic carbocycles. The summed E-state index contributed by atoms with van der Waals surface area (Å²) in [7, 11) is 0. The van der Waals surface area contributed by atoms with Gasteiger partial charge in [-0.05, 0) is 5.56 Å². The van der Waals surface area contributed by atoms with Crippen molar-refractivity contribution in [3.63, 3.8) is 0 Å². The molecular weight excluding hydrogens is 224 g/mol. The second-order valence-electron chi connectivity index (χ2n) is 4.07. The third kappa shape index (κ3) is 2.66. The highest BCUT2D eigenvalue weighted by Crippen LogP contribution is 2.17. The number of aliphatic hydroxyl groups is 1. The lowest BCUT2D eigenvalue weighted by Gasteiger charge is -2.07. The SMILES string of the molecule is C=C(O)c1ccccc1CC(=O)c1ccccc1. The van der Waals surface area contributed by atoms with Crippen molar-refractivity contribution in [1.29, 1.82) is 0 Å². The largest absolute Gasteiger partial charge is 0.508 e. The first-order valence-electron chi connectivity index (χ1n) is 5.73. The van der Waals surface area contributed by atoms with Crippen molar-refractivity contribution in [2.75, 3.05) is 0 Å². The molecule has 0 aromatic heterocycles. The highest BCUT2D eigenvalue weighted by molar-refractivity contribution is 5.97. The van der Waals surface area contributed by atoms with Gasteiger partial charge in [-0.2, -0.15) is 0 Å². The first-order valence-corrected chi connectivity index (χ1v) is 5.73. The second-order valence-corrected chi connectivity index (χ2v) is 4.07.